The molecule has 2 N–H and O–H groups in total. The second-order valence-corrected chi connectivity index (χ2v) is 4.92. The molecular weight excluding hydrogens is 268 g/mol. The first-order valence-corrected chi connectivity index (χ1v) is 6.82. The monoisotopic (exact) mass is 286 g/mol. The van der Waals surface area contributed by atoms with Gasteiger partial charge in [0.15, 0.2) is 0 Å². The van der Waals surface area contributed by atoms with Crippen LogP contribution in [0.2, 0.25) is 0 Å². The first-order valence-electron chi connectivity index (χ1n) is 6.82. The second-order valence-electron chi connectivity index (χ2n) is 4.92. The number of rotatable bonds is 5. The van der Waals surface area contributed by atoms with Gasteiger partial charge >= 0.3 is 0 Å². The van der Waals surface area contributed by atoms with Crippen LogP contribution >= 0.6 is 0 Å². The Hall–Kier alpha value is -2.56. The highest BCUT2D eigenvalue weighted by Gasteiger charge is 2.15. The van der Waals surface area contributed by atoms with E-state index in [1.165, 1.54) is 6.07 Å². The summed E-state index contributed by atoms with van der Waals surface area (Å²) in [6.07, 6.45) is 0.786. The molecule has 5 heteroatoms. The lowest BCUT2D eigenvalue weighted by molar-refractivity contribution is -0.384. The smallest absolute Gasteiger partial charge is 0.269 e. The molecule has 0 bridgehead atoms. The van der Waals surface area contributed by atoms with Crippen molar-refractivity contribution in [2.75, 3.05) is 5.32 Å². The van der Waals surface area contributed by atoms with E-state index in [0.29, 0.717) is 0 Å². The molecular formula is C16H18N2O3. The number of nitro benzene ring substituents is 1. The first kappa shape index (κ1) is 14.8. The molecule has 2 aromatic carbocycles. The van der Waals surface area contributed by atoms with Crippen molar-refractivity contribution < 1.29 is 10.0 Å². The topological polar surface area (TPSA) is 75.4 Å². The molecule has 0 radical (unpaired) electrons. The number of phenols is 1. The summed E-state index contributed by atoms with van der Waals surface area (Å²) in [5.74, 6) is 0.247. The summed E-state index contributed by atoms with van der Waals surface area (Å²) in [5, 5.41) is 24.0. The minimum atomic E-state index is -0.406. The van der Waals surface area contributed by atoms with E-state index in [2.05, 4.69) is 5.32 Å². The van der Waals surface area contributed by atoms with Gasteiger partial charge in [-0.3, -0.25) is 10.1 Å². The molecule has 110 valence electrons. The molecule has 0 amide bonds. The Bertz CT molecular complexity index is 656. The van der Waals surface area contributed by atoms with E-state index >= 15 is 0 Å². The quantitative estimate of drug-likeness (QED) is 0.639. The number of aromatic hydroxyl groups is 1. The molecule has 2 aromatic rings. The highest BCUT2D eigenvalue weighted by Crippen LogP contribution is 2.31. The molecule has 0 spiro atoms. The van der Waals surface area contributed by atoms with Gasteiger partial charge in [0.1, 0.15) is 5.75 Å². The van der Waals surface area contributed by atoms with E-state index in [1.807, 2.05) is 26.0 Å². The van der Waals surface area contributed by atoms with E-state index in [9.17, 15) is 15.2 Å². The molecule has 0 aromatic heterocycles. The average Bonchev–Trinajstić information content (AvgIpc) is 2.47. The number of benzene rings is 2. The van der Waals surface area contributed by atoms with Crippen molar-refractivity contribution in [1.29, 1.82) is 0 Å². The summed E-state index contributed by atoms with van der Waals surface area (Å²) in [4.78, 5) is 10.4. The van der Waals surface area contributed by atoms with Crippen LogP contribution in [0.5, 0.6) is 5.75 Å². The van der Waals surface area contributed by atoms with Crippen LogP contribution in [0.3, 0.4) is 0 Å². The Morgan fingerprint density at radius 1 is 1.29 bits per heavy atom. The minimum absolute atomic E-state index is 0.0497. The molecule has 1 atom stereocenters. The summed E-state index contributed by atoms with van der Waals surface area (Å²) in [6.45, 7) is 3.84. The predicted octanol–water partition coefficient (Wildman–Crippen LogP) is 4.17. The summed E-state index contributed by atoms with van der Waals surface area (Å²) >= 11 is 0. The number of nitrogens with one attached hydrogen (secondary N) is 1. The lowest BCUT2D eigenvalue weighted by Crippen LogP contribution is -2.10. The minimum Gasteiger partial charge on any atom is -0.508 e. The summed E-state index contributed by atoms with van der Waals surface area (Å²) in [7, 11) is 0. The first-order chi connectivity index (χ1) is 10.0. The number of non-ortho nitro benzene ring substituents is 1. The molecule has 2 rings (SSSR count). The van der Waals surface area contributed by atoms with Gasteiger partial charge in [-0.1, -0.05) is 25.1 Å². The van der Waals surface area contributed by atoms with Gasteiger partial charge in [0, 0.05) is 23.4 Å². The fourth-order valence-corrected chi connectivity index (χ4v) is 2.29. The molecule has 0 aliphatic heterocycles. The normalized spacial score (nSPS) is 11.9. The van der Waals surface area contributed by atoms with E-state index in [1.54, 1.807) is 24.3 Å². The van der Waals surface area contributed by atoms with Crippen LogP contribution in [0.4, 0.5) is 11.4 Å². The summed E-state index contributed by atoms with van der Waals surface area (Å²) in [6, 6.07) is 11.9. The van der Waals surface area contributed by atoms with Gasteiger partial charge in [-0.15, -0.1) is 0 Å². The SMILES string of the molecule is CCC(Nc1ccc([N+](=O)[O-])cc1C)c1ccccc1O. The molecule has 5 nitrogen and oxygen atoms in total. The molecule has 21 heavy (non-hydrogen) atoms. The summed E-state index contributed by atoms with van der Waals surface area (Å²) < 4.78 is 0. The Morgan fingerprint density at radius 3 is 2.57 bits per heavy atom. The highest BCUT2D eigenvalue weighted by molar-refractivity contribution is 5.57. The maximum atomic E-state index is 10.8. The summed E-state index contributed by atoms with van der Waals surface area (Å²) in [5.41, 5.74) is 2.53. The van der Waals surface area contributed by atoms with Crippen LogP contribution in [-0.2, 0) is 0 Å². The molecule has 0 fully saturated rings. The van der Waals surface area contributed by atoms with E-state index in [4.69, 9.17) is 0 Å². The molecule has 1 unspecified atom stereocenters. The maximum Gasteiger partial charge on any atom is 0.269 e. The van der Waals surface area contributed by atoms with Crippen LogP contribution in [0.1, 0.15) is 30.5 Å². The van der Waals surface area contributed by atoms with Gasteiger partial charge < -0.3 is 10.4 Å². The number of hydrogen-bond donors (Lipinski definition) is 2. The second kappa shape index (κ2) is 6.26. The molecule has 0 heterocycles. The van der Waals surface area contributed by atoms with Crippen LogP contribution in [-0.4, -0.2) is 10.0 Å². The number of aryl methyl sites for hydroxylation is 1. The maximum absolute atomic E-state index is 10.8. The zero-order valence-corrected chi connectivity index (χ0v) is 12.0. The number of nitrogens with zero attached hydrogens (tertiary/aromatic N) is 1. The van der Waals surface area contributed by atoms with Crippen LogP contribution in [0.15, 0.2) is 42.5 Å². The van der Waals surface area contributed by atoms with Crippen molar-refractivity contribution in [3.05, 3.63) is 63.7 Å². The van der Waals surface area contributed by atoms with Gasteiger partial charge in [0.05, 0.1) is 11.0 Å². The molecule has 0 aliphatic rings. The number of phenolic OH excluding ortho intramolecular Hbond substituents is 1. The molecule has 0 saturated heterocycles. The average molecular weight is 286 g/mol. The zero-order chi connectivity index (χ0) is 15.4. The third-order valence-electron chi connectivity index (χ3n) is 3.47. The number of hydrogen-bond acceptors (Lipinski definition) is 4. The van der Waals surface area contributed by atoms with Gasteiger partial charge in [-0.25, -0.2) is 0 Å². The third kappa shape index (κ3) is 3.31. The van der Waals surface area contributed by atoms with Gasteiger partial charge in [-0.2, -0.15) is 0 Å². The van der Waals surface area contributed by atoms with Crippen LogP contribution < -0.4 is 5.32 Å². The van der Waals surface area contributed by atoms with Crippen molar-refractivity contribution in [2.45, 2.75) is 26.3 Å². The van der Waals surface area contributed by atoms with Gasteiger partial charge in [0.25, 0.3) is 5.69 Å². The fourth-order valence-electron chi connectivity index (χ4n) is 2.29. The van der Waals surface area contributed by atoms with Gasteiger partial charge in [0.2, 0.25) is 0 Å². The highest BCUT2D eigenvalue weighted by atomic mass is 16.6. The van der Waals surface area contributed by atoms with Crippen molar-refractivity contribution in [2.24, 2.45) is 0 Å². The van der Waals surface area contributed by atoms with Gasteiger partial charge in [-0.05, 0) is 31.0 Å². The zero-order valence-electron chi connectivity index (χ0n) is 12.0. The Kier molecular flexibility index (Phi) is 4.42. The van der Waals surface area contributed by atoms with Crippen molar-refractivity contribution >= 4 is 11.4 Å². The Balaban J connectivity index is 2.27. The molecule has 0 saturated carbocycles. The van der Waals surface area contributed by atoms with Crippen LogP contribution in [0.25, 0.3) is 0 Å². The predicted molar refractivity (Wildman–Crippen MR) is 82.6 cm³/mol. The number of anilines is 1. The Labute approximate surface area is 123 Å². The van der Waals surface area contributed by atoms with E-state index in [-0.39, 0.29) is 17.5 Å². The third-order valence-corrected chi connectivity index (χ3v) is 3.47. The van der Waals surface area contributed by atoms with Crippen LogP contribution in [0, 0.1) is 17.0 Å². The lowest BCUT2D eigenvalue weighted by atomic mass is 10.0. The Morgan fingerprint density at radius 2 is 2.00 bits per heavy atom. The standard InChI is InChI=1S/C16H18N2O3/c1-3-14(13-6-4-5-7-16(13)19)17-15-9-8-12(18(20)21)10-11(15)2/h4-10,14,17,19H,3H2,1-2H3. The number of nitro groups is 1. The largest absolute Gasteiger partial charge is 0.508 e. The molecule has 0 aliphatic carbocycles. The fraction of sp³-hybridized carbons (Fsp3) is 0.250. The number of para-hydroxylation sites is 1. The lowest BCUT2D eigenvalue weighted by Gasteiger charge is -2.21. The van der Waals surface area contributed by atoms with E-state index < -0.39 is 4.92 Å². The van der Waals surface area contributed by atoms with E-state index in [0.717, 1.165) is 23.2 Å². The van der Waals surface area contributed by atoms with Crippen molar-refractivity contribution in [3.8, 4) is 5.75 Å². The van der Waals surface area contributed by atoms with Crippen molar-refractivity contribution in [1.82, 2.24) is 0 Å². The van der Waals surface area contributed by atoms with Crippen molar-refractivity contribution in [3.63, 3.8) is 0 Å².